The second kappa shape index (κ2) is 8.29. The average molecular weight is 431 g/mol. The standard InChI is InChI=1S/C21H20F3N5O2/c1-31-15-7-4-5-13(9-15)16-10-18(21(22,23)24)29-19(27-16)11-17(28-29)20(30)26-12-14-6-2-3-8-25-14/h2-9,11,16,18,27H,10,12H2,1H3,(H,26,30). The second-order valence-electron chi connectivity index (χ2n) is 7.13. The Morgan fingerprint density at radius 1 is 1.26 bits per heavy atom. The van der Waals surface area contributed by atoms with Crippen LogP contribution in [0.3, 0.4) is 0 Å². The van der Waals surface area contributed by atoms with Gasteiger partial charge in [0.25, 0.3) is 5.91 Å². The molecule has 0 saturated carbocycles. The van der Waals surface area contributed by atoms with Crippen LogP contribution in [0.25, 0.3) is 0 Å². The van der Waals surface area contributed by atoms with Crippen LogP contribution in [0.4, 0.5) is 19.0 Å². The minimum Gasteiger partial charge on any atom is -0.497 e. The van der Waals surface area contributed by atoms with Crippen LogP contribution in [0.2, 0.25) is 0 Å². The number of anilines is 1. The minimum absolute atomic E-state index is 0.0982. The fourth-order valence-corrected chi connectivity index (χ4v) is 3.53. The van der Waals surface area contributed by atoms with Crippen molar-refractivity contribution in [1.82, 2.24) is 20.1 Å². The van der Waals surface area contributed by atoms with Gasteiger partial charge in [0.1, 0.15) is 11.6 Å². The maximum Gasteiger partial charge on any atom is 0.410 e. The summed E-state index contributed by atoms with van der Waals surface area (Å²) >= 11 is 0. The number of carbonyl (C=O) groups excluding carboxylic acids is 1. The summed E-state index contributed by atoms with van der Waals surface area (Å²) in [6.07, 6.45) is -3.20. The molecule has 2 atom stereocenters. The molecular weight excluding hydrogens is 411 g/mol. The van der Waals surface area contributed by atoms with Crippen LogP contribution in [0.5, 0.6) is 5.75 Å². The number of benzene rings is 1. The quantitative estimate of drug-likeness (QED) is 0.641. The Balaban J connectivity index is 1.59. The molecule has 162 valence electrons. The predicted molar refractivity (Wildman–Crippen MR) is 107 cm³/mol. The number of aromatic nitrogens is 3. The first kappa shape index (κ1) is 20.7. The second-order valence-corrected chi connectivity index (χ2v) is 7.13. The molecule has 0 aliphatic carbocycles. The normalized spacial score (nSPS) is 18.1. The molecular formula is C21H20F3N5O2. The Labute approximate surface area is 176 Å². The third kappa shape index (κ3) is 4.47. The number of pyridine rings is 1. The maximum absolute atomic E-state index is 13.8. The Kier molecular flexibility index (Phi) is 5.53. The number of hydrogen-bond donors (Lipinski definition) is 2. The Hall–Kier alpha value is -3.56. The molecule has 2 N–H and O–H groups in total. The number of amides is 1. The van der Waals surface area contributed by atoms with E-state index in [-0.39, 0.29) is 24.5 Å². The molecule has 0 fully saturated rings. The number of alkyl halides is 3. The smallest absolute Gasteiger partial charge is 0.410 e. The Bertz CT molecular complexity index is 1070. The minimum atomic E-state index is -4.53. The first-order valence-corrected chi connectivity index (χ1v) is 9.60. The fraction of sp³-hybridized carbons (Fsp3) is 0.286. The van der Waals surface area contributed by atoms with Crippen LogP contribution in [-0.2, 0) is 6.54 Å². The van der Waals surface area contributed by atoms with Crippen LogP contribution in [0.1, 0.15) is 40.3 Å². The SMILES string of the molecule is COc1cccc(C2CC(C(F)(F)F)n3nc(C(=O)NCc4ccccn4)cc3N2)c1. The summed E-state index contributed by atoms with van der Waals surface area (Å²) in [7, 11) is 1.50. The van der Waals surface area contributed by atoms with E-state index in [9.17, 15) is 18.0 Å². The van der Waals surface area contributed by atoms with E-state index in [1.54, 1.807) is 48.7 Å². The third-order valence-electron chi connectivity index (χ3n) is 5.07. The average Bonchev–Trinajstić information content (AvgIpc) is 3.21. The van der Waals surface area contributed by atoms with Gasteiger partial charge >= 0.3 is 6.18 Å². The van der Waals surface area contributed by atoms with E-state index in [1.807, 2.05) is 0 Å². The molecule has 31 heavy (non-hydrogen) atoms. The van der Waals surface area contributed by atoms with E-state index in [2.05, 4.69) is 20.7 Å². The molecule has 1 aliphatic heterocycles. The molecule has 1 aliphatic rings. The molecule has 2 aromatic heterocycles. The lowest BCUT2D eigenvalue weighted by Gasteiger charge is -2.33. The molecule has 10 heteroatoms. The number of rotatable bonds is 5. The summed E-state index contributed by atoms with van der Waals surface area (Å²) in [5.41, 5.74) is 1.19. The van der Waals surface area contributed by atoms with Gasteiger partial charge in [-0.05, 0) is 29.8 Å². The van der Waals surface area contributed by atoms with Gasteiger partial charge in [-0.15, -0.1) is 0 Å². The number of methoxy groups -OCH3 is 1. The van der Waals surface area contributed by atoms with E-state index in [0.717, 1.165) is 4.68 Å². The zero-order valence-electron chi connectivity index (χ0n) is 16.6. The van der Waals surface area contributed by atoms with E-state index < -0.39 is 24.2 Å². The highest BCUT2D eigenvalue weighted by Crippen LogP contribution is 2.43. The van der Waals surface area contributed by atoms with E-state index >= 15 is 0 Å². The first-order valence-electron chi connectivity index (χ1n) is 9.60. The molecule has 0 bridgehead atoms. The monoisotopic (exact) mass is 431 g/mol. The Morgan fingerprint density at radius 2 is 2.10 bits per heavy atom. The summed E-state index contributed by atoms with van der Waals surface area (Å²) in [6, 6.07) is 11.0. The summed E-state index contributed by atoms with van der Waals surface area (Å²) < 4.78 is 47.5. The highest BCUT2D eigenvalue weighted by Gasteiger charge is 2.46. The lowest BCUT2D eigenvalue weighted by molar-refractivity contribution is -0.173. The van der Waals surface area contributed by atoms with Crippen molar-refractivity contribution in [3.8, 4) is 5.75 Å². The van der Waals surface area contributed by atoms with Gasteiger partial charge in [-0.1, -0.05) is 18.2 Å². The van der Waals surface area contributed by atoms with Crippen molar-refractivity contribution < 1.29 is 22.7 Å². The highest BCUT2D eigenvalue weighted by molar-refractivity contribution is 5.93. The van der Waals surface area contributed by atoms with Crippen LogP contribution >= 0.6 is 0 Å². The number of nitrogens with one attached hydrogen (secondary N) is 2. The number of nitrogens with zero attached hydrogens (tertiary/aromatic N) is 3. The number of ether oxygens (including phenoxy) is 1. The molecule has 7 nitrogen and oxygen atoms in total. The summed E-state index contributed by atoms with van der Waals surface area (Å²) in [6.45, 7) is 0.143. The Morgan fingerprint density at radius 3 is 2.81 bits per heavy atom. The van der Waals surface area contributed by atoms with Gasteiger partial charge in [0.05, 0.1) is 25.4 Å². The molecule has 1 amide bonds. The summed E-state index contributed by atoms with van der Waals surface area (Å²) in [4.78, 5) is 16.6. The molecule has 3 aromatic rings. The number of fused-ring (bicyclic) bond motifs is 1. The molecule has 0 radical (unpaired) electrons. The van der Waals surface area contributed by atoms with Crippen LogP contribution < -0.4 is 15.4 Å². The maximum atomic E-state index is 13.8. The summed E-state index contributed by atoms with van der Waals surface area (Å²) in [5.74, 6) is 0.106. The lowest BCUT2D eigenvalue weighted by Crippen LogP contribution is -2.35. The van der Waals surface area contributed by atoms with Crippen molar-refractivity contribution in [3.63, 3.8) is 0 Å². The van der Waals surface area contributed by atoms with Crippen molar-refractivity contribution >= 4 is 11.7 Å². The number of carbonyl (C=O) groups is 1. The van der Waals surface area contributed by atoms with Gasteiger partial charge in [0.2, 0.25) is 0 Å². The van der Waals surface area contributed by atoms with E-state index in [1.165, 1.54) is 13.2 Å². The molecule has 4 rings (SSSR count). The predicted octanol–water partition coefficient (Wildman–Crippen LogP) is 3.88. The van der Waals surface area contributed by atoms with Crippen LogP contribution in [-0.4, -0.2) is 34.0 Å². The van der Waals surface area contributed by atoms with E-state index in [4.69, 9.17) is 4.74 Å². The van der Waals surface area contributed by atoms with Crippen molar-refractivity contribution in [2.45, 2.75) is 31.2 Å². The van der Waals surface area contributed by atoms with Gasteiger partial charge in [0.15, 0.2) is 11.7 Å². The topological polar surface area (TPSA) is 81.1 Å². The first-order chi connectivity index (χ1) is 14.8. The molecule has 1 aromatic carbocycles. The van der Waals surface area contributed by atoms with Crippen molar-refractivity contribution in [1.29, 1.82) is 0 Å². The van der Waals surface area contributed by atoms with Gasteiger partial charge < -0.3 is 15.4 Å². The highest BCUT2D eigenvalue weighted by atomic mass is 19.4. The zero-order chi connectivity index (χ0) is 22.0. The zero-order valence-corrected chi connectivity index (χ0v) is 16.6. The molecule has 3 heterocycles. The summed E-state index contributed by atoms with van der Waals surface area (Å²) in [5, 5.41) is 9.65. The van der Waals surface area contributed by atoms with Gasteiger partial charge in [-0.2, -0.15) is 18.3 Å². The molecule has 0 spiro atoms. The lowest BCUT2D eigenvalue weighted by atomic mass is 9.97. The van der Waals surface area contributed by atoms with Crippen LogP contribution in [0, 0.1) is 0 Å². The van der Waals surface area contributed by atoms with Gasteiger partial charge in [-0.25, -0.2) is 4.68 Å². The largest absolute Gasteiger partial charge is 0.497 e. The fourth-order valence-electron chi connectivity index (χ4n) is 3.53. The molecule has 2 unspecified atom stereocenters. The van der Waals surface area contributed by atoms with Crippen molar-refractivity contribution in [2.75, 3.05) is 12.4 Å². The third-order valence-corrected chi connectivity index (χ3v) is 5.07. The van der Waals surface area contributed by atoms with Gasteiger partial charge in [-0.3, -0.25) is 9.78 Å². The van der Waals surface area contributed by atoms with Crippen molar-refractivity contribution in [2.24, 2.45) is 0 Å². The van der Waals surface area contributed by atoms with Crippen LogP contribution in [0.15, 0.2) is 54.7 Å². The number of hydrogen-bond acceptors (Lipinski definition) is 5. The number of halogens is 3. The molecule has 0 saturated heterocycles. The van der Waals surface area contributed by atoms with Gasteiger partial charge in [0, 0.05) is 18.7 Å². The van der Waals surface area contributed by atoms with E-state index in [0.29, 0.717) is 17.0 Å². The van der Waals surface area contributed by atoms with Crippen molar-refractivity contribution in [3.05, 3.63) is 71.7 Å².